The summed E-state index contributed by atoms with van der Waals surface area (Å²) >= 11 is 0. The minimum Gasteiger partial charge on any atom is -0.497 e. The second-order valence-corrected chi connectivity index (χ2v) is 4.16. The molecule has 2 aromatic rings. The van der Waals surface area contributed by atoms with E-state index in [-0.39, 0.29) is 5.84 Å². The number of methoxy groups -OCH3 is 1. The lowest BCUT2D eigenvalue weighted by atomic mass is 10.2. The van der Waals surface area contributed by atoms with Crippen LogP contribution in [0.3, 0.4) is 0 Å². The van der Waals surface area contributed by atoms with Crippen LogP contribution < -0.4 is 15.2 Å². The molecule has 0 unspecified atom stereocenters. The van der Waals surface area contributed by atoms with Crippen molar-refractivity contribution in [2.45, 2.75) is 6.92 Å². The third kappa shape index (κ3) is 2.51. The average Bonchev–Trinajstić information content (AvgIpc) is 2.73. The molecule has 0 fully saturated rings. The Morgan fingerprint density at radius 3 is 2.75 bits per heavy atom. The fourth-order valence-electron chi connectivity index (χ4n) is 1.88. The standard InChI is InChI=1S/C13H16N4O3/c1-8-11(12(14)16-18)13(17(2)15-8)20-10-6-4-5-9(7-10)19-3/h4-7,18H,1-3H3,(H2,14,16). The molecule has 0 atom stereocenters. The Balaban J connectivity index is 2.42. The Labute approximate surface area is 116 Å². The van der Waals surface area contributed by atoms with Crippen molar-refractivity contribution in [2.75, 3.05) is 7.11 Å². The van der Waals surface area contributed by atoms with Crippen LogP contribution in [0, 0.1) is 6.92 Å². The van der Waals surface area contributed by atoms with Crippen molar-refractivity contribution in [2.24, 2.45) is 17.9 Å². The molecular formula is C13H16N4O3. The molecule has 1 aromatic carbocycles. The minimum atomic E-state index is -0.0477. The first-order valence-corrected chi connectivity index (χ1v) is 5.90. The van der Waals surface area contributed by atoms with Crippen LogP contribution in [0.4, 0.5) is 0 Å². The Bertz CT molecular complexity index is 649. The second kappa shape index (κ2) is 5.52. The highest BCUT2D eigenvalue weighted by Crippen LogP contribution is 2.29. The van der Waals surface area contributed by atoms with Gasteiger partial charge in [0, 0.05) is 13.1 Å². The first-order chi connectivity index (χ1) is 9.56. The van der Waals surface area contributed by atoms with E-state index in [1.807, 2.05) is 6.07 Å². The first-order valence-electron chi connectivity index (χ1n) is 5.90. The van der Waals surface area contributed by atoms with Crippen LogP contribution in [0.25, 0.3) is 0 Å². The van der Waals surface area contributed by atoms with Gasteiger partial charge in [-0.15, -0.1) is 0 Å². The molecule has 0 bridgehead atoms. The highest BCUT2D eigenvalue weighted by atomic mass is 16.5. The molecule has 3 N–H and O–H groups in total. The lowest BCUT2D eigenvalue weighted by molar-refractivity contribution is 0.318. The number of oxime groups is 1. The van der Waals surface area contributed by atoms with E-state index < -0.39 is 0 Å². The zero-order valence-corrected chi connectivity index (χ0v) is 11.5. The Kier molecular flexibility index (Phi) is 3.79. The Morgan fingerprint density at radius 2 is 2.10 bits per heavy atom. The maximum Gasteiger partial charge on any atom is 0.229 e. The molecule has 0 aliphatic carbocycles. The van der Waals surface area contributed by atoms with E-state index >= 15 is 0 Å². The molecule has 0 aliphatic rings. The number of benzene rings is 1. The van der Waals surface area contributed by atoms with Crippen LogP contribution in [-0.4, -0.2) is 27.9 Å². The van der Waals surface area contributed by atoms with E-state index in [2.05, 4.69) is 10.3 Å². The number of amidine groups is 1. The van der Waals surface area contributed by atoms with Gasteiger partial charge < -0.3 is 20.4 Å². The second-order valence-electron chi connectivity index (χ2n) is 4.16. The zero-order chi connectivity index (χ0) is 14.7. The number of ether oxygens (including phenoxy) is 2. The molecule has 0 saturated carbocycles. The first kappa shape index (κ1) is 13.7. The largest absolute Gasteiger partial charge is 0.497 e. The third-order valence-corrected chi connectivity index (χ3v) is 2.79. The van der Waals surface area contributed by atoms with Crippen molar-refractivity contribution in [1.82, 2.24) is 9.78 Å². The predicted molar refractivity (Wildman–Crippen MR) is 73.5 cm³/mol. The van der Waals surface area contributed by atoms with Crippen LogP contribution in [0.15, 0.2) is 29.4 Å². The van der Waals surface area contributed by atoms with E-state index in [4.69, 9.17) is 20.4 Å². The summed E-state index contributed by atoms with van der Waals surface area (Å²) in [4.78, 5) is 0. The van der Waals surface area contributed by atoms with Gasteiger partial charge in [0.05, 0.1) is 12.8 Å². The maximum absolute atomic E-state index is 8.84. The quantitative estimate of drug-likeness (QED) is 0.383. The summed E-state index contributed by atoms with van der Waals surface area (Å²) in [6.45, 7) is 1.76. The number of aryl methyl sites for hydroxylation is 2. The van der Waals surface area contributed by atoms with Crippen molar-refractivity contribution in [3.63, 3.8) is 0 Å². The molecular weight excluding hydrogens is 260 g/mol. The van der Waals surface area contributed by atoms with Gasteiger partial charge in [0.15, 0.2) is 5.84 Å². The van der Waals surface area contributed by atoms with Gasteiger partial charge in [-0.25, -0.2) is 4.68 Å². The molecule has 0 spiro atoms. The number of nitrogens with two attached hydrogens (primary N) is 1. The van der Waals surface area contributed by atoms with Gasteiger partial charge in [-0.2, -0.15) is 5.10 Å². The van der Waals surface area contributed by atoms with E-state index in [1.165, 1.54) is 4.68 Å². The fraction of sp³-hybridized carbons (Fsp3) is 0.231. The molecule has 0 aliphatic heterocycles. The molecule has 7 heteroatoms. The normalized spacial score (nSPS) is 11.4. The van der Waals surface area contributed by atoms with E-state index in [0.717, 1.165) is 0 Å². The summed E-state index contributed by atoms with van der Waals surface area (Å²) in [5.74, 6) is 1.59. The van der Waals surface area contributed by atoms with Gasteiger partial charge in [0.25, 0.3) is 0 Å². The third-order valence-electron chi connectivity index (χ3n) is 2.79. The maximum atomic E-state index is 8.84. The summed E-state index contributed by atoms with van der Waals surface area (Å²) in [5.41, 5.74) is 6.73. The lowest BCUT2D eigenvalue weighted by Gasteiger charge is -2.09. The van der Waals surface area contributed by atoms with E-state index in [0.29, 0.717) is 28.6 Å². The molecule has 2 rings (SSSR count). The van der Waals surface area contributed by atoms with Crippen LogP contribution in [0.5, 0.6) is 17.4 Å². The summed E-state index contributed by atoms with van der Waals surface area (Å²) in [6.07, 6.45) is 0. The van der Waals surface area contributed by atoms with Crippen molar-refractivity contribution in [3.05, 3.63) is 35.5 Å². The highest BCUT2D eigenvalue weighted by Gasteiger charge is 2.19. The summed E-state index contributed by atoms with van der Waals surface area (Å²) in [6, 6.07) is 7.13. The fourth-order valence-corrected chi connectivity index (χ4v) is 1.88. The van der Waals surface area contributed by atoms with Gasteiger partial charge in [-0.05, 0) is 19.1 Å². The molecule has 1 heterocycles. The van der Waals surface area contributed by atoms with E-state index in [9.17, 15) is 0 Å². The summed E-state index contributed by atoms with van der Waals surface area (Å²) in [7, 11) is 3.30. The average molecular weight is 276 g/mol. The molecule has 20 heavy (non-hydrogen) atoms. The Hall–Kier alpha value is -2.70. The van der Waals surface area contributed by atoms with Crippen LogP contribution in [0.1, 0.15) is 11.3 Å². The van der Waals surface area contributed by atoms with Crippen molar-refractivity contribution in [3.8, 4) is 17.4 Å². The van der Waals surface area contributed by atoms with Gasteiger partial charge in [-0.1, -0.05) is 11.2 Å². The summed E-state index contributed by atoms with van der Waals surface area (Å²) in [5, 5.41) is 16.1. The molecule has 0 saturated heterocycles. The monoisotopic (exact) mass is 276 g/mol. The van der Waals surface area contributed by atoms with E-state index in [1.54, 1.807) is 39.3 Å². The predicted octanol–water partition coefficient (Wildman–Crippen LogP) is 1.62. The topological polar surface area (TPSA) is 94.9 Å². The number of hydrogen-bond donors (Lipinski definition) is 2. The van der Waals surface area contributed by atoms with Gasteiger partial charge >= 0.3 is 0 Å². The van der Waals surface area contributed by atoms with Gasteiger partial charge in [0.2, 0.25) is 5.88 Å². The van der Waals surface area contributed by atoms with Crippen LogP contribution >= 0.6 is 0 Å². The molecule has 106 valence electrons. The number of rotatable bonds is 4. The molecule has 1 aromatic heterocycles. The lowest BCUT2D eigenvalue weighted by Crippen LogP contribution is -2.15. The number of aromatic nitrogens is 2. The number of hydrogen-bond acceptors (Lipinski definition) is 5. The highest BCUT2D eigenvalue weighted by molar-refractivity contribution is 6.00. The smallest absolute Gasteiger partial charge is 0.229 e. The SMILES string of the molecule is COc1cccc(Oc2c(C(N)=NO)c(C)nn2C)c1. The number of nitrogens with zero attached hydrogens (tertiary/aromatic N) is 3. The van der Waals surface area contributed by atoms with Crippen LogP contribution in [0.2, 0.25) is 0 Å². The van der Waals surface area contributed by atoms with Crippen LogP contribution in [-0.2, 0) is 7.05 Å². The molecule has 0 amide bonds. The van der Waals surface area contributed by atoms with Crippen molar-refractivity contribution in [1.29, 1.82) is 0 Å². The van der Waals surface area contributed by atoms with Gasteiger partial charge in [-0.3, -0.25) is 0 Å². The Morgan fingerprint density at radius 1 is 1.40 bits per heavy atom. The van der Waals surface area contributed by atoms with Gasteiger partial charge in [0.1, 0.15) is 17.1 Å². The summed E-state index contributed by atoms with van der Waals surface area (Å²) < 4.78 is 12.4. The molecule has 0 radical (unpaired) electrons. The van der Waals surface area contributed by atoms with Crippen molar-refractivity contribution < 1.29 is 14.7 Å². The molecule has 7 nitrogen and oxygen atoms in total. The zero-order valence-electron chi connectivity index (χ0n) is 11.5. The minimum absolute atomic E-state index is 0.0477. The van der Waals surface area contributed by atoms with Crippen molar-refractivity contribution >= 4 is 5.84 Å².